The van der Waals surface area contributed by atoms with Crippen molar-refractivity contribution in [1.29, 1.82) is 0 Å². The van der Waals surface area contributed by atoms with Crippen LogP contribution in [0.5, 0.6) is 5.75 Å². The Labute approximate surface area is 116 Å². The first-order valence-electron chi connectivity index (χ1n) is 5.79. The van der Waals surface area contributed by atoms with Gasteiger partial charge in [0.2, 0.25) is 0 Å². The molecule has 1 aliphatic rings. The molecule has 0 spiro atoms. The fourth-order valence-corrected chi connectivity index (χ4v) is 3.95. The van der Waals surface area contributed by atoms with E-state index >= 15 is 0 Å². The van der Waals surface area contributed by atoms with E-state index in [4.69, 9.17) is 10.5 Å². The number of ether oxygens (including phenoxy) is 1. The zero-order chi connectivity index (χ0) is 13.3. The van der Waals surface area contributed by atoms with Crippen molar-refractivity contribution in [3.63, 3.8) is 0 Å². The van der Waals surface area contributed by atoms with E-state index in [0.717, 1.165) is 10.0 Å². The molecule has 1 unspecified atom stereocenters. The normalized spacial score (nSPS) is 23.8. The van der Waals surface area contributed by atoms with Crippen molar-refractivity contribution in [1.82, 2.24) is 0 Å². The average molecular weight is 334 g/mol. The van der Waals surface area contributed by atoms with Gasteiger partial charge in [0, 0.05) is 16.1 Å². The largest absolute Gasteiger partial charge is 0.489 e. The zero-order valence-electron chi connectivity index (χ0n) is 10.1. The molecule has 18 heavy (non-hydrogen) atoms. The van der Waals surface area contributed by atoms with E-state index < -0.39 is 9.84 Å². The summed E-state index contributed by atoms with van der Waals surface area (Å²) in [6.07, 6.45) is 0.287. The van der Waals surface area contributed by atoms with Crippen molar-refractivity contribution in [3.8, 4) is 5.75 Å². The molecule has 1 fully saturated rings. The fraction of sp³-hybridized carbons (Fsp3) is 0.500. The lowest BCUT2D eigenvalue weighted by Gasteiger charge is -2.18. The number of benzene rings is 1. The maximum absolute atomic E-state index is 11.4. The lowest BCUT2D eigenvalue weighted by atomic mass is 10.1. The number of nitrogens with two attached hydrogens (primary N) is 1. The van der Waals surface area contributed by atoms with Crippen LogP contribution in [0.4, 0.5) is 0 Å². The summed E-state index contributed by atoms with van der Waals surface area (Å²) in [5.74, 6) is 0.971. The molecule has 0 bridgehead atoms. The van der Waals surface area contributed by atoms with E-state index in [1.54, 1.807) is 0 Å². The highest BCUT2D eigenvalue weighted by Crippen LogP contribution is 2.30. The van der Waals surface area contributed by atoms with Gasteiger partial charge in [-0.2, -0.15) is 0 Å². The molecule has 0 aromatic heterocycles. The molecule has 1 saturated heterocycles. The first-order valence-corrected chi connectivity index (χ1v) is 8.41. The molecule has 0 radical (unpaired) electrons. The SMILES string of the molecule is C[C@@H](N)c1ccc(Br)cc1OC1CCS(=O)(=O)C1. The maximum atomic E-state index is 11.4. The van der Waals surface area contributed by atoms with E-state index in [1.165, 1.54) is 0 Å². The summed E-state index contributed by atoms with van der Waals surface area (Å²) < 4.78 is 29.5. The topological polar surface area (TPSA) is 69.4 Å². The van der Waals surface area contributed by atoms with Crippen LogP contribution in [-0.2, 0) is 9.84 Å². The highest BCUT2D eigenvalue weighted by atomic mass is 79.9. The van der Waals surface area contributed by atoms with Gasteiger partial charge in [-0.3, -0.25) is 0 Å². The third-order valence-corrected chi connectivity index (χ3v) is 5.18. The summed E-state index contributed by atoms with van der Waals surface area (Å²) in [6.45, 7) is 1.88. The molecule has 1 aliphatic heterocycles. The van der Waals surface area contributed by atoms with E-state index in [0.29, 0.717) is 12.2 Å². The number of sulfone groups is 1. The third-order valence-electron chi connectivity index (χ3n) is 2.95. The molecule has 0 saturated carbocycles. The Kier molecular flexibility index (Phi) is 3.99. The van der Waals surface area contributed by atoms with Crippen LogP contribution in [0.15, 0.2) is 22.7 Å². The van der Waals surface area contributed by atoms with Crippen LogP contribution in [-0.4, -0.2) is 26.0 Å². The Balaban J connectivity index is 2.21. The quantitative estimate of drug-likeness (QED) is 0.918. The summed E-state index contributed by atoms with van der Waals surface area (Å²) in [5.41, 5.74) is 6.77. The minimum atomic E-state index is -2.93. The van der Waals surface area contributed by atoms with Gasteiger partial charge in [-0.1, -0.05) is 22.0 Å². The van der Waals surface area contributed by atoms with E-state index in [9.17, 15) is 8.42 Å². The lowest BCUT2D eigenvalue weighted by Crippen LogP contribution is -2.19. The van der Waals surface area contributed by atoms with Crippen LogP contribution in [0.3, 0.4) is 0 Å². The van der Waals surface area contributed by atoms with E-state index in [2.05, 4.69) is 15.9 Å². The Bertz CT molecular complexity index is 542. The van der Waals surface area contributed by atoms with E-state index in [-0.39, 0.29) is 23.7 Å². The standard InChI is InChI=1S/C12H16BrNO3S/c1-8(14)11-3-2-9(13)6-12(11)17-10-4-5-18(15,16)7-10/h2-3,6,8,10H,4-5,7,14H2,1H3/t8-,10?/m1/s1. The van der Waals surface area contributed by atoms with Gasteiger partial charge in [0.1, 0.15) is 11.9 Å². The number of rotatable bonds is 3. The van der Waals surface area contributed by atoms with Crippen molar-refractivity contribution < 1.29 is 13.2 Å². The molecule has 1 heterocycles. The highest BCUT2D eigenvalue weighted by molar-refractivity contribution is 9.10. The monoisotopic (exact) mass is 333 g/mol. The summed E-state index contributed by atoms with van der Waals surface area (Å²) in [4.78, 5) is 0. The Morgan fingerprint density at radius 3 is 2.78 bits per heavy atom. The highest BCUT2D eigenvalue weighted by Gasteiger charge is 2.30. The van der Waals surface area contributed by atoms with Crippen LogP contribution in [0.25, 0.3) is 0 Å². The van der Waals surface area contributed by atoms with Crippen molar-refractivity contribution >= 4 is 25.8 Å². The second-order valence-electron chi connectivity index (χ2n) is 4.61. The molecule has 2 N–H and O–H groups in total. The smallest absolute Gasteiger partial charge is 0.154 e. The van der Waals surface area contributed by atoms with Crippen molar-refractivity contribution in [2.45, 2.75) is 25.5 Å². The molecule has 0 aliphatic carbocycles. The van der Waals surface area contributed by atoms with Crippen LogP contribution in [0, 0.1) is 0 Å². The molecule has 4 nitrogen and oxygen atoms in total. The minimum Gasteiger partial charge on any atom is -0.489 e. The molecule has 6 heteroatoms. The van der Waals surface area contributed by atoms with Gasteiger partial charge < -0.3 is 10.5 Å². The molecule has 2 rings (SSSR count). The van der Waals surface area contributed by atoms with Gasteiger partial charge in [-0.15, -0.1) is 0 Å². The van der Waals surface area contributed by atoms with Gasteiger partial charge in [0.05, 0.1) is 11.5 Å². The third kappa shape index (κ3) is 3.24. The molecule has 100 valence electrons. The number of halogens is 1. The van der Waals surface area contributed by atoms with Gasteiger partial charge in [0.25, 0.3) is 0 Å². The van der Waals surface area contributed by atoms with Crippen LogP contribution < -0.4 is 10.5 Å². The summed E-state index contributed by atoms with van der Waals surface area (Å²) in [7, 11) is -2.93. The number of hydrogen-bond acceptors (Lipinski definition) is 4. The second-order valence-corrected chi connectivity index (χ2v) is 7.76. The van der Waals surface area contributed by atoms with Crippen molar-refractivity contribution in [2.75, 3.05) is 11.5 Å². The predicted molar refractivity (Wildman–Crippen MR) is 74.4 cm³/mol. The molecular formula is C12H16BrNO3S. The Morgan fingerprint density at radius 2 is 2.22 bits per heavy atom. The lowest BCUT2D eigenvalue weighted by molar-refractivity contribution is 0.225. The molecule has 2 atom stereocenters. The molecule has 0 amide bonds. The van der Waals surface area contributed by atoms with Gasteiger partial charge >= 0.3 is 0 Å². The van der Waals surface area contributed by atoms with Gasteiger partial charge in [-0.25, -0.2) is 8.42 Å². The first-order chi connectivity index (χ1) is 8.37. The summed E-state index contributed by atoms with van der Waals surface area (Å²) in [6, 6.07) is 5.49. The predicted octanol–water partition coefficient (Wildman–Crippen LogP) is 2.03. The van der Waals surface area contributed by atoms with Crippen molar-refractivity contribution in [2.24, 2.45) is 5.73 Å². The second kappa shape index (κ2) is 5.19. The Morgan fingerprint density at radius 1 is 1.50 bits per heavy atom. The zero-order valence-corrected chi connectivity index (χ0v) is 12.5. The van der Waals surface area contributed by atoms with Crippen molar-refractivity contribution in [3.05, 3.63) is 28.2 Å². The van der Waals surface area contributed by atoms with Crippen LogP contribution in [0.1, 0.15) is 24.9 Å². The van der Waals surface area contributed by atoms with E-state index in [1.807, 2.05) is 25.1 Å². The summed E-state index contributed by atoms with van der Waals surface area (Å²) in [5, 5.41) is 0. The van der Waals surface area contributed by atoms with Gasteiger partial charge in [-0.05, 0) is 25.5 Å². The molecular weight excluding hydrogens is 318 g/mol. The average Bonchev–Trinajstić information content (AvgIpc) is 2.57. The summed E-state index contributed by atoms with van der Waals surface area (Å²) >= 11 is 3.38. The molecule has 1 aromatic carbocycles. The maximum Gasteiger partial charge on any atom is 0.154 e. The number of hydrogen-bond donors (Lipinski definition) is 1. The first kappa shape index (κ1) is 13.8. The molecule has 1 aromatic rings. The Hall–Kier alpha value is -0.590. The minimum absolute atomic E-state index is 0.0951. The van der Waals surface area contributed by atoms with Gasteiger partial charge in [0.15, 0.2) is 9.84 Å². The fourth-order valence-electron chi connectivity index (χ4n) is 2.02. The van der Waals surface area contributed by atoms with Crippen LogP contribution >= 0.6 is 15.9 Å². The van der Waals surface area contributed by atoms with Crippen LogP contribution in [0.2, 0.25) is 0 Å².